The third kappa shape index (κ3) is 4.83. The number of phenols is 1. The van der Waals surface area contributed by atoms with Crippen molar-refractivity contribution < 1.29 is 9.52 Å². The monoisotopic (exact) mass is 416 g/mol. The number of rotatable bonds is 4. The molecular formula is C20H25ClN6O2. The molecule has 1 saturated heterocycles. The zero-order chi connectivity index (χ0) is 19.7. The quantitative estimate of drug-likeness (QED) is 0.668. The van der Waals surface area contributed by atoms with Crippen LogP contribution < -0.4 is 10.2 Å². The van der Waals surface area contributed by atoms with Gasteiger partial charge in [-0.05, 0) is 45.4 Å². The van der Waals surface area contributed by atoms with Crippen molar-refractivity contribution in [3.8, 4) is 28.5 Å². The molecule has 1 aliphatic rings. The van der Waals surface area contributed by atoms with E-state index in [0.717, 1.165) is 19.5 Å². The first-order valence-corrected chi connectivity index (χ1v) is 9.35. The van der Waals surface area contributed by atoms with Gasteiger partial charge in [0.05, 0.1) is 12.4 Å². The Bertz CT molecular complexity index is 941. The first kappa shape index (κ1) is 21.0. The second kappa shape index (κ2) is 8.34. The molecule has 0 spiro atoms. The molecule has 1 aliphatic heterocycles. The third-order valence-electron chi connectivity index (χ3n) is 4.61. The van der Waals surface area contributed by atoms with Gasteiger partial charge in [0, 0.05) is 35.8 Å². The van der Waals surface area contributed by atoms with Crippen LogP contribution in [-0.2, 0) is 0 Å². The Morgan fingerprint density at radius 3 is 2.66 bits per heavy atom. The van der Waals surface area contributed by atoms with Crippen LogP contribution in [0.4, 0.5) is 5.95 Å². The second-order valence-electron chi connectivity index (χ2n) is 8.04. The van der Waals surface area contributed by atoms with Gasteiger partial charge in [0.15, 0.2) is 0 Å². The molecule has 0 amide bonds. The highest BCUT2D eigenvalue weighted by Gasteiger charge is 2.27. The van der Waals surface area contributed by atoms with Crippen molar-refractivity contribution in [2.45, 2.75) is 38.8 Å². The molecule has 3 aromatic rings. The summed E-state index contributed by atoms with van der Waals surface area (Å²) in [4.78, 5) is 10.7. The predicted molar refractivity (Wildman–Crippen MR) is 113 cm³/mol. The van der Waals surface area contributed by atoms with Crippen LogP contribution in [0.2, 0.25) is 0 Å². The molecule has 3 heterocycles. The van der Waals surface area contributed by atoms with Gasteiger partial charge in [-0.25, -0.2) is 9.97 Å². The summed E-state index contributed by atoms with van der Waals surface area (Å²) < 4.78 is 5.26. The van der Waals surface area contributed by atoms with Crippen LogP contribution in [0.25, 0.3) is 22.7 Å². The van der Waals surface area contributed by atoms with Crippen LogP contribution in [0.1, 0.15) is 27.2 Å². The number of aromatic nitrogens is 4. The van der Waals surface area contributed by atoms with Gasteiger partial charge in [-0.3, -0.25) is 0 Å². The number of benzene rings is 1. The van der Waals surface area contributed by atoms with Gasteiger partial charge in [-0.1, -0.05) is 0 Å². The Hall–Kier alpha value is -2.71. The van der Waals surface area contributed by atoms with E-state index in [-0.39, 0.29) is 23.7 Å². The molecule has 1 atom stereocenters. The van der Waals surface area contributed by atoms with E-state index in [9.17, 15) is 5.11 Å². The van der Waals surface area contributed by atoms with Gasteiger partial charge in [-0.15, -0.1) is 22.6 Å². The van der Waals surface area contributed by atoms with Crippen LogP contribution in [0.15, 0.2) is 41.3 Å². The molecule has 9 heteroatoms. The van der Waals surface area contributed by atoms with Crippen LogP contribution >= 0.6 is 12.4 Å². The van der Waals surface area contributed by atoms with E-state index in [1.165, 1.54) is 6.26 Å². The summed E-state index contributed by atoms with van der Waals surface area (Å²) in [6, 6.07) is 5.59. The topological polar surface area (TPSA) is 100 Å². The molecule has 2 aromatic heterocycles. The standard InChI is InChI=1S/C20H24N6O2.ClH/c1-20(2,3)23-14-6-8-26(12-14)19-22-11-16(24-25-19)15-5-4-13(10-17(15)27)18-21-7-9-28-18;/h4-5,7,9-11,14,23,27H,6,8,12H2,1-3H3;1H. The molecule has 4 rings (SSSR count). The first-order valence-electron chi connectivity index (χ1n) is 9.35. The van der Waals surface area contributed by atoms with E-state index in [0.29, 0.717) is 34.7 Å². The Labute approximate surface area is 175 Å². The number of halogens is 1. The largest absolute Gasteiger partial charge is 0.507 e. The molecule has 0 radical (unpaired) electrons. The van der Waals surface area contributed by atoms with Crippen LogP contribution in [0, 0.1) is 0 Å². The van der Waals surface area contributed by atoms with Crippen molar-refractivity contribution >= 4 is 18.4 Å². The highest BCUT2D eigenvalue weighted by molar-refractivity contribution is 5.85. The lowest BCUT2D eigenvalue weighted by Gasteiger charge is -2.25. The number of nitrogens with one attached hydrogen (secondary N) is 1. The maximum absolute atomic E-state index is 10.4. The highest BCUT2D eigenvalue weighted by atomic mass is 35.5. The Morgan fingerprint density at radius 1 is 1.21 bits per heavy atom. The lowest BCUT2D eigenvalue weighted by Crippen LogP contribution is -2.45. The van der Waals surface area contributed by atoms with Crippen molar-refractivity contribution in [3.63, 3.8) is 0 Å². The molecular weight excluding hydrogens is 392 g/mol. The van der Waals surface area contributed by atoms with Gasteiger partial charge in [-0.2, -0.15) is 0 Å². The average molecular weight is 417 g/mol. The van der Waals surface area contributed by atoms with E-state index >= 15 is 0 Å². The molecule has 2 N–H and O–H groups in total. The van der Waals surface area contributed by atoms with Gasteiger partial charge < -0.3 is 19.7 Å². The zero-order valence-corrected chi connectivity index (χ0v) is 17.5. The normalized spacial score (nSPS) is 16.7. The van der Waals surface area contributed by atoms with Gasteiger partial charge >= 0.3 is 0 Å². The number of nitrogens with zero attached hydrogens (tertiary/aromatic N) is 5. The molecule has 154 valence electrons. The molecule has 0 bridgehead atoms. The van der Waals surface area contributed by atoms with Crippen molar-refractivity contribution in [1.82, 2.24) is 25.5 Å². The summed E-state index contributed by atoms with van der Waals surface area (Å²) >= 11 is 0. The Balaban J connectivity index is 0.00000240. The minimum Gasteiger partial charge on any atom is -0.507 e. The molecule has 0 saturated carbocycles. The van der Waals surface area contributed by atoms with E-state index in [2.05, 4.69) is 51.2 Å². The number of hydrogen-bond acceptors (Lipinski definition) is 8. The smallest absolute Gasteiger partial charge is 0.245 e. The maximum Gasteiger partial charge on any atom is 0.245 e. The maximum atomic E-state index is 10.4. The summed E-state index contributed by atoms with van der Waals surface area (Å²) in [5.41, 5.74) is 1.86. The fourth-order valence-corrected chi connectivity index (χ4v) is 3.46. The summed E-state index contributed by atoms with van der Waals surface area (Å²) in [5.74, 6) is 1.14. The summed E-state index contributed by atoms with van der Waals surface area (Å²) in [6.45, 7) is 8.26. The van der Waals surface area contributed by atoms with E-state index in [4.69, 9.17) is 4.42 Å². The summed E-state index contributed by atoms with van der Waals surface area (Å²) in [7, 11) is 0. The number of hydrogen-bond donors (Lipinski definition) is 2. The Morgan fingerprint density at radius 2 is 2.03 bits per heavy atom. The number of aromatic hydroxyl groups is 1. The number of oxazole rings is 1. The molecule has 0 aliphatic carbocycles. The highest BCUT2D eigenvalue weighted by Crippen LogP contribution is 2.31. The summed E-state index contributed by atoms with van der Waals surface area (Å²) in [5, 5.41) is 22.5. The fourth-order valence-electron chi connectivity index (χ4n) is 3.46. The number of phenolic OH excluding ortho intramolecular Hbond substituents is 1. The predicted octanol–water partition coefficient (Wildman–Crippen LogP) is 3.29. The average Bonchev–Trinajstić information content (AvgIpc) is 3.32. The molecule has 29 heavy (non-hydrogen) atoms. The van der Waals surface area contributed by atoms with Crippen molar-refractivity contribution in [1.29, 1.82) is 0 Å². The first-order chi connectivity index (χ1) is 13.4. The fraction of sp³-hybridized carbons (Fsp3) is 0.400. The third-order valence-corrected chi connectivity index (χ3v) is 4.61. The SMILES string of the molecule is CC(C)(C)NC1CCN(c2ncc(-c3ccc(-c4ncco4)cc3O)nn2)C1.Cl. The zero-order valence-electron chi connectivity index (χ0n) is 16.7. The molecule has 1 aromatic carbocycles. The summed E-state index contributed by atoms with van der Waals surface area (Å²) in [6.07, 6.45) is 5.75. The minimum atomic E-state index is 0. The lowest BCUT2D eigenvalue weighted by atomic mass is 10.1. The van der Waals surface area contributed by atoms with E-state index in [1.807, 2.05) is 6.07 Å². The second-order valence-corrected chi connectivity index (χ2v) is 8.04. The number of anilines is 1. The van der Waals surface area contributed by atoms with Crippen LogP contribution in [0.5, 0.6) is 5.75 Å². The minimum absolute atomic E-state index is 0. The van der Waals surface area contributed by atoms with E-state index < -0.39 is 0 Å². The van der Waals surface area contributed by atoms with Crippen LogP contribution in [-0.4, -0.2) is 49.9 Å². The van der Waals surface area contributed by atoms with Crippen molar-refractivity contribution in [2.75, 3.05) is 18.0 Å². The van der Waals surface area contributed by atoms with Crippen LogP contribution in [0.3, 0.4) is 0 Å². The van der Waals surface area contributed by atoms with Crippen molar-refractivity contribution in [2.24, 2.45) is 0 Å². The Kier molecular flexibility index (Phi) is 6.04. The van der Waals surface area contributed by atoms with E-state index in [1.54, 1.807) is 24.5 Å². The molecule has 1 fully saturated rings. The van der Waals surface area contributed by atoms with Gasteiger partial charge in [0.1, 0.15) is 17.7 Å². The van der Waals surface area contributed by atoms with Gasteiger partial charge in [0.25, 0.3) is 0 Å². The molecule has 1 unspecified atom stereocenters. The van der Waals surface area contributed by atoms with Crippen molar-refractivity contribution in [3.05, 3.63) is 36.9 Å². The lowest BCUT2D eigenvalue weighted by molar-refractivity contribution is 0.373. The van der Waals surface area contributed by atoms with Gasteiger partial charge in [0.2, 0.25) is 11.8 Å². The molecule has 8 nitrogen and oxygen atoms in total.